The number of hydrogen-bond acceptors (Lipinski definition) is 3. The number of rotatable bonds is 1. The van der Waals surface area contributed by atoms with Gasteiger partial charge in [0.15, 0.2) is 11.5 Å². The Labute approximate surface area is 100 Å². The van der Waals surface area contributed by atoms with Crippen LogP contribution >= 0.6 is 11.6 Å². The number of piperidine rings is 1. The molecule has 0 bridgehead atoms. The second-order valence-electron chi connectivity index (χ2n) is 4.27. The van der Waals surface area contributed by atoms with Crippen molar-refractivity contribution in [2.24, 2.45) is 0 Å². The van der Waals surface area contributed by atoms with Crippen LogP contribution in [0.25, 0.3) is 0 Å². The van der Waals surface area contributed by atoms with E-state index in [1.54, 1.807) is 0 Å². The Balaban J connectivity index is 2.45. The molecule has 1 fully saturated rings. The van der Waals surface area contributed by atoms with Crippen molar-refractivity contribution >= 4 is 11.6 Å². The maximum Gasteiger partial charge on any atom is 0.162 e. The Morgan fingerprint density at radius 3 is 2.75 bits per heavy atom. The molecule has 3 N–H and O–H groups in total. The summed E-state index contributed by atoms with van der Waals surface area (Å²) in [6.07, 6.45) is 3.25. The third kappa shape index (κ3) is 1.97. The molecule has 2 rings (SSSR count). The summed E-state index contributed by atoms with van der Waals surface area (Å²) >= 11 is 6.01. The number of halogens is 1. The fraction of sp³-hybridized carbons (Fsp3) is 0.500. The van der Waals surface area contributed by atoms with E-state index in [0.717, 1.165) is 36.9 Å². The van der Waals surface area contributed by atoms with Gasteiger partial charge in [-0.3, -0.25) is 0 Å². The van der Waals surface area contributed by atoms with Gasteiger partial charge < -0.3 is 15.5 Å². The molecule has 1 heterocycles. The summed E-state index contributed by atoms with van der Waals surface area (Å²) in [7, 11) is 0. The van der Waals surface area contributed by atoms with E-state index in [1.807, 2.05) is 6.92 Å². The lowest BCUT2D eigenvalue weighted by Crippen LogP contribution is -2.27. The van der Waals surface area contributed by atoms with Crippen LogP contribution < -0.4 is 5.32 Å². The van der Waals surface area contributed by atoms with E-state index in [-0.39, 0.29) is 17.5 Å². The molecule has 1 atom stereocenters. The average Bonchev–Trinajstić information content (AvgIpc) is 2.28. The molecule has 3 nitrogen and oxygen atoms in total. The summed E-state index contributed by atoms with van der Waals surface area (Å²) in [6, 6.07) is 1.48. The molecule has 1 saturated heterocycles. The molecule has 1 aromatic carbocycles. The summed E-state index contributed by atoms with van der Waals surface area (Å²) < 4.78 is 0. The van der Waals surface area contributed by atoms with Crippen molar-refractivity contribution in [3.63, 3.8) is 0 Å². The van der Waals surface area contributed by atoms with Gasteiger partial charge in [0.2, 0.25) is 0 Å². The first-order valence-electron chi connectivity index (χ1n) is 5.55. The van der Waals surface area contributed by atoms with Gasteiger partial charge in [-0.1, -0.05) is 18.0 Å². The molecule has 0 radical (unpaired) electrons. The van der Waals surface area contributed by atoms with Crippen LogP contribution in [0.4, 0.5) is 0 Å². The Kier molecular flexibility index (Phi) is 3.26. The quantitative estimate of drug-likeness (QED) is 0.663. The molecule has 4 heteroatoms. The van der Waals surface area contributed by atoms with Gasteiger partial charge in [-0.25, -0.2) is 0 Å². The molecule has 1 unspecified atom stereocenters. The number of phenolic OH excluding ortho intramolecular Hbond substituents is 2. The predicted molar refractivity (Wildman–Crippen MR) is 64.1 cm³/mol. The first-order chi connectivity index (χ1) is 7.61. The fourth-order valence-electron chi connectivity index (χ4n) is 2.27. The summed E-state index contributed by atoms with van der Waals surface area (Å²) in [5.41, 5.74) is 1.58. The van der Waals surface area contributed by atoms with Gasteiger partial charge in [-0.2, -0.15) is 0 Å². The average molecular weight is 242 g/mol. The van der Waals surface area contributed by atoms with Crippen LogP contribution in [0.3, 0.4) is 0 Å². The Hall–Kier alpha value is -0.930. The zero-order valence-corrected chi connectivity index (χ0v) is 10.0. The maximum absolute atomic E-state index is 9.91. The zero-order chi connectivity index (χ0) is 11.7. The minimum absolute atomic E-state index is 0.0405. The van der Waals surface area contributed by atoms with Crippen molar-refractivity contribution in [2.45, 2.75) is 32.2 Å². The van der Waals surface area contributed by atoms with Gasteiger partial charge in [0, 0.05) is 22.7 Å². The Morgan fingerprint density at radius 2 is 2.12 bits per heavy atom. The monoisotopic (exact) mass is 241 g/mol. The largest absolute Gasteiger partial charge is 0.504 e. The lowest BCUT2D eigenvalue weighted by atomic mass is 9.93. The highest BCUT2D eigenvalue weighted by Gasteiger charge is 2.23. The van der Waals surface area contributed by atoms with Crippen molar-refractivity contribution in [1.29, 1.82) is 0 Å². The molecule has 0 saturated carbocycles. The summed E-state index contributed by atoms with van der Waals surface area (Å²) in [6.45, 7) is 2.81. The van der Waals surface area contributed by atoms with E-state index in [0.29, 0.717) is 5.02 Å². The van der Waals surface area contributed by atoms with Crippen molar-refractivity contribution < 1.29 is 10.2 Å². The number of benzene rings is 1. The summed E-state index contributed by atoms with van der Waals surface area (Å²) in [5.74, 6) is -0.181. The highest BCUT2D eigenvalue weighted by Crippen LogP contribution is 2.41. The van der Waals surface area contributed by atoms with Crippen LogP contribution in [0, 0.1) is 6.92 Å². The van der Waals surface area contributed by atoms with Crippen molar-refractivity contribution in [1.82, 2.24) is 5.32 Å². The number of aromatic hydroxyl groups is 2. The maximum atomic E-state index is 9.91. The van der Waals surface area contributed by atoms with Gasteiger partial charge in [0.25, 0.3) is 0 Å². The molecule has 0 aromatic heterocycles. The zero-order valence-electron chi connectivity index (χ0n) is 9.26. The topological polar surface area (TPSA) is 52.5 Å². The minimum Gasteiger partial charge on any atom is -0.504 e. The normalized spacial score (nSPS) is 21.0. The molecule has 1 aromatic rings. The van der Waals surface area contributed by atoms with Crippen LogP contribution in [-0.4, -0.2) is 16.8 Å². The summed E-state index contributed by atoms with van der Waals surface area (Å²) in [5, 5.41) is 23.3. The molecule has 0 amide bonds. The first kappa shape index (κ1) is 11.6. The SMILES string of the molecule is Cc1c(Cl)cc(O)c(O)c1C1CCCCN1. The second-order valence-corrected chi connectivity index (χ2v) is 4.67. The molecule has 0 aliphatic carbocycles. The van der Waals surface area contributed by atoms with Crippen LogP contribution in [0.5, 0.6) is 11.5 Å². The first-order valence-corrected chi connectivity index (χ1v) is 5.93. The molecular formula is C12H16ClNO2. The smallest absolute Gasteiger partial charge is 0.162 e. The Morgan fingerprint density at radius 1 is 1.38 bits per heavy atom. The standard InChI is InChI=1S/C12H16ClNO2/c1-7-8(13)6-10(15)12(16)11(7)9-4-2-3-5-14-9/h6,9,14-16H,2-5H2,1H3. The van der Waals surface area contributed by atoms with E-state index in [1.165, 1.54) is 6.07 Å². The molecule has 1 aliphatic heterocycles. The number of hydrogen-bond donors (Lipinski definition) is 3. The van der Waals surface area contributed by atoms with Crippen LogP contribution in [0.2, 0.25) is 5.02 Å². The lowest BCUT2D eigenvalue weighted by molar-refractivity contribution is 0.368. The van der Waals surface area contributed by atoms with Gasteiger partial charge in [-0.15, -0.1) is 0 Å². The van der Waals surface area contributed by atoms with E-state index < -0.39 is 0 Å². The molecule has 0 spiro atoms. The minimum atomic E-state index is -0.141. The number of phenols is 2. The molecule has 1 aliphatic rings. The molecule has 88 valence electrons. The van der Waals surface area contributed by atoms with E-state index in [2.05, 4.69) is 5.32 Å². The molecule has 16 heavy (non-hydrogen) atoms. The van der Waals surface area contributed by atoms with Crippen LogP contribution in [-0.2, 0) is 0 Å². The van der Waals surface area contributed by atoms with E-state index in [9.17, 15) is 10.2 Å². The van der Waals surface area contributed by atoms with E-state index in [4.69, 9.17) is 11.6 Å². The summed E-state index contributed by atoms with van der Waals surface area (Å²) in [4.78, 5) is 0. The Bertz CT molecular complexity index is 374. The van der Waals surface area contributed by atoms with Crippen LogP contribution in [0.1, 0.15) is 36.4 Å². The lowest BCUT2D eigenvalue weighted by Gasteiger charge is -2.26. The predicted octanol–water partition coefficient (Wildman–Crippen LogP) is 2.87. The van der Waals surface area contributed by atoms with Gasteiger partial charge in [-0.05, 0) is 31.9 Å². The van der Waals surface area contributed by atoms with Gasteiger partial charge in [0.1, 0.15) is 0 Å². The van der Waals surface area contributed by atoms with Crippen molar-refractivity contribution in [2.75, 3.05) is 6.54 Å². The molecular weight excluding hydrogens is 226 g/mol. The van der Waals surface area contributed by atoms with Crippen molar-refractivity contribution in [3.05, 3.63) is 22.2 Å². The van der Waals surface area contributed by atoms with Gasteiger partial charge in [0.05, 0.1) is 0 Å². The number of nitrogens with one attached hydrogen (secondary N) is 1. The highest BCUT2D eigenvalue weighted by molar-refractivity contribution is 6.31. The highest BCUT2D eigenvalue weighted by atomic mass is 35.5. The second kappa shape index (κ2) is 4.52. The van der Waals surface area contributed by atoms with Crippen LogP contribution in [0.15, 0.2) is 6.07 Å². The van der Waals surface area contributed by atoms with Gasteiger partial charge >= 0.3 is 0 Å². The third-order valence-electron chi connectivity index (χ3n) is 3.18. The van der Waals surface area contributed by atoms with Crippen molar-refractivity contribution in [3.8, 4) is 11.5 Å². The fourth-order valence-corrected chi connectivity index (χ4v) is 2.47. The van der Waals surface area contributed by atoms with E-state index >= 15 is 0 Å². The third-order valence-corrected chi connectivity index (χ3v) is 3.57.